The number of rotatable bonds is 7. The van der Waals surface area contributed by atoms with E-state index in [-0.39, 0.29) is 17.9 Å². The van der Waals surface area contributed by atoms with Gasteiger partial charge >= 0.3 is 0 Å². The summed E-state index contributed by atoms with van der Waals surface area (Å²) in [4.78, 5) is 16.1. The molecule has 0 aliphatic carbocycles. The van der Waals surface area contributed by atoms with Crippen LogP contribution in [-0.4, -0.2) is 28.6 Å². The van der Waals surface area contributed by atoms with Crippen molar-refractivity contribution in [2.45, 2.75) is 26.4 Å². The van der Waals surface area contributed by atoms with Crippen molar-refractivity contribution in [2.24, 2.45) is 5.92 Å². The summed E-state index contributed by atoms with van der Waals surface area (Å²) in [7, 11) is 0. The normalized spacial score (nSPS) is 13.2. The van der Waals surface area contributed by atoms with Crippen molar-refractivity contribution in [2.75, 3.05) is 11.9 Å². The molecule has 1 aromatic heterocycles. The molecule has 1 amide bonds. The van der Waals surface area contributed by atoms with Gasteiger partial charge in [-0.2, -0.15) is 0 Å². The number of benzene rings is 1. The Balaban J connectivity index is 1.87. The van der Waals surface area contributed by atoms with Gasteiger partial charge in [0.1, 0.15) is 0 Å². The van der Waals surface area contributed by atoms with E-state index in [1.165, 1.54) is 0 Å². The van der Waals surface area contributed by atoms with Gasteiger partial charge in [0.05, 0.1) is 6.10 Å². The Bertz CT molecular complexity index is 612. The third-order valence-electron chi connectivity index (χ3n) is 3.47. The van der Waals surface area contributed by atoms with Gasteiger partial charge in [0.2, 0.25) is 0 Å². The molecule has 5 heteroatoms. The number of nitrogens with one attached hydrogen (secondary N) is 2. The van der Waals surface area contributed by atoms with Gasteiger partial charge in [0.15, 0.2) is 0 Å². The number of hydrogen-bond acceptors (Lipinski definition) is 4. The minimum Gasteiger partial charge on any atom is -0.393 e. The first-order chi connectivity index (χ1) is 11.0. The lowest BCUT2D eigenvalue weighted by Gasteiger charge is -2.14. The molecule has 0 aliphatic heterocycles. The minimum absolute atomic E-state index is 0.0992. The van der Waals surface area contributed by atoms with Crippen LogP contribution in [0.2, 0.25) is 0 Å². The van der Waals surface area contributed by atoms with E-state index in [2.05, 4.69) is 15.6 Å². The summed E-state index contributed by atoms with van der Waals surface area (Å²) in [5.41, 5.74) is 2.48. The topological polar surface area (TPSA) is 74.2 Å². The second kappa shape index (κ2) is 8.29. The number of hydrogen-bond donors (Lipinski definition) is 3. The summed E-state index contributed by atoms with van der Waals surface area (Å²) in [5, 5.41) is 15.5. The van der Waals surface area contributed by atoms with Gasteiger partial charge in [-0.25, -0.2) is 0 Å². The average Bonchev–Trinajstić information content (AvgIpc) is 2.54. The maximum atomic E-state index is 12.1. The number of anilines is 2. The molecule has 0 spiro atoms. The van der Waals surface area contributed by atoms with E-state index < -0.39 is 0 Å². The molecule has 2 aromatic rings. The molecule has 1 heterocycles. The summed E-state index contributed by atoms with van der Waals surface area (Å²) >= 11 is 0. The van der Waals surface area contributed by atoms with E-state index in [0.29, 0.717) is 18.5 Å². The number of carbonyl (C=O) groups excluding carboxylic acids is 1. The fourth-order valence-electron chi connectivity index (χ4n) is 2.34. The van der Waals surface area contributed by atoms with E-state index in [0.717, 1.165) is 11.4 Å². The Morgan fingerprint density at radius 2 is 1.70 bits per heavy atom. The van der Waals surface area contributed by atoms with Gasteiger partial charge in [0, 0.05) is 35.9 Å². The second-order valence-corrected chi connectivity index (χ2v) is 5.84. The van der Waals surface area contributed by atoms with Gasteiger partial charge in [-0.15, -0.1) is 0 Å². The van der Waals surface area contributed by atoms with Crippen molar-refractivity contribution in [3.8, 4) is 0 Å². The predicted octanol–water partition coefficient (Wildman–Crippen LogP) is 2.96. The van der Waals surface area contributed by atoms with E-state index in [4.69, 9.17) is 0 Å². The fourth-order valence-corrected chi connectivity index (χ4v) is 2.34. The highest BCUT2D eigenvalue weighted by Gasteiger charge is 2.10. The fraction of sp³-hybridized carbons (Fsp3) is 0.333. The molecule has 0 saturated heterocycles. The van der Waals surface area contributed by atoms with Gasteiger partial charge < -0.3 is 15.7 Å². The zero-order chi connectivity index (χ0) is 16.7. The molecular weight excluding hydrogens is 290 g/mol. The third kappa shape index (κ3) is 5.71. The van der Waals surface area contributed by atoms with E-state index in [1.807, 2.05) is 31.2 Å². The van der Waals surface area contributed by atoms with Crippen molar-refractivity contribution in [1.82, 2.24) is 10.3 Å². The molecule has 0 bridgehead atoms. The van der Waals surface area contributed by atoms with Crippen molar-refractivity contribution in [1.29, 1.82) is 0 Å². The smallest absolute Gasteiger partial charge is 0.251 e. The number of pyridine rings is 1. The van der Waals surface area contributed by atoms with Crippen LogP contribution in [0.25, 0.3) is 0 Å². The molecule has 122 valence electrons. The Morgan fingerprint density at radius 1 is 1.09 bits per heavy atom. The third-order valence-corrected chi connectivity index (χ3v) is 3.47. The Morgan fingerprint density at radius 3 is 2.30 bits per heavy atom. The molecule has 3 N–H and O–H groups in total. The maximum absolute atomic E-state index is 12.1. The molecule has 2 atom stereocenters. The minimum atomic E-state index is -0.347. The number of nitrogens with zero attached hydrogens (tertiary/aromatic N) is 1. The van der Waals surface area contributed by atoms with Crippen LogP contribution in [0.3, 0.4) is 0 Å². The van der Waals surface area contributed by atoms with E-state index >= 15 is 0 Å². The molecule has 0 aliphatic rings. The number of aliphatic hydroxyl groups is 1. The SMILES string of the molecule is CC(O)CC(C)CNC(=O)c1ccc(Nc2ccncc2)cc1. The molecule has 23 heavy (non-hydrogen) atoms. The van der Waals surface area contributed by atoms with Crippen LogP contribution in [0.15, 0.2) is 48.8 Å². The van der Waals surface area contributed by atoms with Crippen LogP contribution in [0.4, 0.5) is 11.4 Å². The molecule has 2 unspecified atom stereocenters. The number of amides is 1. The lowest BCUT2D eigenvalue weighted by atomic mass is 10.0. The molecule has 0 fully saturated rings. The lowest BCUT2D eigenvalue weighted by Crippen LogP contribution is -2.29. The first-order valence-electron chi connectivity index (χ1n) is 7.78. The van der Waals surface area contributed by atoms with Crippen LogP contribution < -0.4 is 10.6 Å². The van der Waals surface area contributed by atoms with E-state index in [1.54, 1.807) is 31.5 Å². The predicted molar refractivity (Wildman–Crippen MR) is 91.8 cm³/mol. The molecule has 2 rings (SSSR count). The number of carbonyl (C=O) groups is 1. The summed E-state index contributed by atoms with van der Waals surface area (Å²) in [6.45, 7) is 4.32. The highest BCUT2D eigenvalue weighted by molar-refractivity contribution is 5.94. The van der Waals surface area contributed by atoms with Crippen LogP contribution in [0.1, 0.15) is 30.6 Å². The lowest BCUT2D eigenvalue weighted by molar-refractivity contribution is 0.0939. The molecule has 5 nitrogen and oxygen atoms in total. The standard InChI is InChI=1S/C18H23N3O2/c1-13(11-14(2)22)12-20-18(23)15-3-5-16(6-4-15)21-17-7-9-19-10-8-17/h3-10,13-14,22H,11-12H2,1-2H3,(H,19,21)(H,20,23). The zero-order valence-electron chi connectivity index (χ0n) is 13.5. The second-order valence-electron chi connectivity index (χ2n) is 5.84. The Kier molecular flexibility index (Phi) is 6.11. The highest BCUT2D eigenvalue weighted by atomic mass is 16.3. The summed E-state index contributed by atoms with van der Waals surface area (Å²) in [6, 6.07) is 11.1. The van der Waals surface area contributed by atoms with Crippen LogP contribution in [0.5, 0.6) is 0 Å². The van der Waals surface area contributed by atoms with Gasteiger partial charge in [-0.1, -0.05) is 6.92 Å². The molecular formula is C18H23N3O2. The number of aromatic nitrogens is 1. The molecule has 0 radical (unpaired) electrons. The van der Waals surface area contributed by atoms with E-state index in [9.17, 15) is 9.90 Å². The van der Waals surface area contributed by atoms with Crippen LogP contribution in [-0.2, 0) is 0 Å². The van der Waals surface area contributed by atoms with Crippen molar-refractivity contribution >= 4 is 17.3 Å². The van der Waals surface area contributed by atoms with Crippen molar-refractivity contribution in [3.63, 3.8) is 0 Å². The summed E-state index contributed by atoms with van der Waals surface area (Å²) in [5.74, 6) is 0.143. The van der Waals surface area contributed by atoms with Gasteiger partial charge in [-0.05, 0) is 55.7 Å². The summed E-state index contributed by atoms with van der Waals surface area (Å²) < 4.78 is 0. The zero-order valence-corrected chi connectivity index (χ0v) is 13.5. The largest absolute Gasteiger partial charge is 0.393 e. The average molecular weight is 313 g/mol. The van der Waals surface area contributed by atoms with Crippen molar-refractivity contribution in [3.05, 3.63) is 54.4 Å². The number of aliphatic hydroxyl groups excluding tert-OH is 1. The highest BCUT2D eigenvalue weighted by Crippen LogP contribution is 2.16. The first-order valence-corrected chi connectivity index (χ1v) is 7.78. The van der Waals surface area contributed by atoms with Crippen LogP contribution >= 0.6 is 0 Å². The first kappa shape index (κ1) is 17.0. The summed E-state index contributed by atoms with van der Waals surface area (Å²) in [6.07, 6.45) is 3.77. The Hall–Kier alpha value is -2.40. The monoisotopic (exact) mass is 313 g/mol. The van der Waals surface area contributed by atoms with Gasteiger partial charge in [-0.3, -0.25) is 9.78 Å². The molecule has 1 aromatic carbocycles. The van der Waals surface area contributed by atoms with Gasteiger partial charge in [0.25, 0.3) is 5.91 Å². The molecule has 0 saturated carbocycles. The quantitative estimate of drug-likeness (QED) is 0.734. The van der Waals surface area contributed by atoms with Crippen LogP contribution in [0, 0.1) is 5.92 Å². The maximum Gasteiger partial charge on any atom is 0.251 e. The van der Waals surface area contributed by atoms with Crippen molar-refractivity contribution < 1.29 is 9.90 Å². The Labute approximate surface area is 136 Å².